The molecule has 3 aromatic carbocycles. The first-order valence-corrected chi connectivity index (χ1v) is 19.4. The summed E-state index contributed by atoms with van der Waals surface area (Å²) in [5.41, 5.74) is 1.14. The largest absolute Gasteiger partial charge is 0.355 e. The molecular formula is C39H48N6O8S. The Kier molecular flexibility index (Phi) is 14.5. The van der Waals surface area contributed by atoms with Gasteiger partial charge < -0.3 is 31.5 Å². The number of likely N-dealkylation sites (N-methyl/N-ethyl adjacent to an activating group) is 1. The van der Waals surface area contributed by atoms with Gasteiger partial charge in [0.1, 0.15) is 24.2 Å². The number of hydrogen-bond donors (Lipinski definition) is 5. The predicted octanol–water partition coefficient (Wildman–Crippen LogP) is 1.50. The van der Waals surface area contributed by atoms with Crippen molar-refractivity contribution < 1.29 is 37.2 Å². The number of benzene rings is 3. The molecule has 6 amide bonds. The lowest BCUT2D eigenvalue weighted by molar-refractivity contribution is -0.139. The molecule has 1 heterocycles. The van der Waals surface area contributed by atoms with E-state index in [4.69, 9.17) is 0 Å². The Hall–Kier alpha value is -5.57. The summed E-state index contributed by atoms with van der Waals surface area (Å²) < 4.78 is 27.0. The molecular weight excluding hydrogens is 713 g/mol. The molecule has 15 heteroatoms. The lowest BCUT2D eigenvalue weighted by atomic mass is 10.0. The van der Waals surface area contributed by atoms with E-state index in [-0.39, 0.29) is 48.6 Å². The van der Waals surface area contributed by atoms with Crippen LogP contribution in [0.5, 0.6) is 0 Å². The highest BCUT2D eigenvalue weighted by atomic mass is 32.2. The van der Waals surface area contributed by atoms with Crippen molar-refractivity contribution in [2.24, 2.45) is 5.92 Å². The van der Waals surface area contributed by atoms with Crippen molar-refractivity contribution in [2.45, 2.75) is 74.8 Å². The first-order chi connectivity index (χ1) is 25.7. The number of rotatable bonds is 8. The number of nitrogens with zero attached hydrogens (tertiary/aromatic N) is 1. The van der Waals surface area contributed by atoms with Crippen molar-refractivity contribution in [2.75, 3.05) is 20.1 Å². The van der Waals surface area contributed by atoms with Gasteiger partial charge >= 0.3 is 0 Å². The van der Waals surface area contributed by atoms with Crippen LogP contribution in [0.3, 0.4) is 0 Å². The van der Waals surface area contributed by atoms with Gasteiger partial charge in [-0.05, 0) is 48.9 Å². The predicted molar refractivity (Wildman–Crippen MR) is 201 cm³/mol. The normalized spacial score (nSPS) is 21.2. The lowest BCUT2D eigenvalue weighted by Crippen LogP contribution is -2.59. The van der Waals surface area contributed by atoms with Crippen molar-refractivity contribution in [3.8, 4) is 0 Å². The number of sulfone groups is 1. The molecule has 14 nitrogen and oxygen atoms in total. The smallest absolute Gasteiger partial charge is 0.253 e. The van der Waals surface area contributed by atoms with Gasteiger partial charge in [0.05, 0.1) is 22.8 Å². The summed E-state index contributed by atoms with van der Waals surface area (Å²) in [6, 6.07) is 18.7. The zero-order chi connectivity index (χ0) is 39.4. The van der Waals surface area contributed by atoms with Gasteiger partial charge in [-0.1, -0.05) is 86.6 Å². The van der Waals surface area contributed by atoms with Crippen LogP contribution in [0.1, 0.15) is 55.1 Å². The average Bonchev–Trinajstić information content (AvgIpc) is 3.14. The zero-order valence-electron chi connectivity index (χ0n) is 30.8. The first-order valence-electron chi connectivity index (χ1n) is 17.8. The molecule has 1 fully saturated rings. The zero-order valence-corrected chi connectivity index (χ0v) is 31.7. The standard InChI is InChI=1S/C39H48N6O8S/c1-25(2)34-38(50)41-26(3)35(47)43-31(22-27-14-7-5-8-15-27)39(51)45(4)23-33(46)40-21-13-19-30(37(49)44-34)42-36(48)29-18-11-12-20-32(29)54(52,53)24-28-16-9-6-10-17-28/h5-12,14-18,20,25-26,30-31,34H,13,19,21-24H2,1-4H3,(H,40,46)(H,41,50)(H,42,48)(H,43,47)(H,44,49)/t26-,30+,31+,34-/m1/s1. The van der Waals surface area contributed by atoms with Gasteiger partial charge in [0.25, 0.3) is 5.91 Å². The number of amides is 6. The molecule has 1 aliphatic heterocycles. The third-order valence-electron chi connectivity index (χ3n) is 8.93. The van der Waals surface area contributed by atoms with Crippen molar-refractivity contribution in [1.29, 1.82) is 0 Å². The molecule has 0 radical (unpaired) electrons. The molecule has 4 rings (SSSR count). The highest BCUT2D eigenvalue weighted by molar-refractivity contribution is 7.90. The summed E-state index contributed by atoms with van der Waals surface area (Å²) in [5.74, 6) is -4.68. The van der Waals surface area contributed by atoms with Crippen LogP contribution in [0, 0.1) is 5.92 Å². The Balaban J connectivity index is 1.58. The summed E-state index contributed by atoms with van der Waals surface area (Å²) in [5, 5.41) is 13.4. The summed E-state index contributed by atoms with van der Waals surface area (Å²) in [4.78, 5) is 81.9. The van der Waals surface area contributed by atoms with Crippen LogP contribution in [0.15, 0.2) is 89.8 Å². The molecule has 0 aliphatic carbocycles. The third kappa shape index (κ3) is 11.5. The van der Waals surface area contributed by atoms with Crippen molar-refractivity contribution in [3.05, 3.63) is 102 Å². The van der Waals surface area contributed by atoms with Gasteiger partial charge in [-0.25, -0.2) is 8.42 Å². The van der Waals surface area contributed by atoms with Crippen LogP contribution in [0.2, 0.25) is 0 Å². The van der Waals surface area contributed by atoms with Gasteiger partial charge in [0, 0.05) is 20.0 Å². The Morgan fingerprint density at radius 2 is 1.43 bits per heavy atom. The van der Waals surface area contributed by atoms with E-state index in [0.717, 1.165) is 5.56 Å². The number of carbonyl (C=O) groups excluding carboxylic acids is 6. The van der Waals surface area contributed by atoms with Gasteiger partial charge in [-0.3, -0.25) is 28.8 Å². The fraction of sp³-hybridized carbons (Fsp3) is 0.385. The molecule has 3 aromatic rings. The van der Waals surface area contributed by atoms with E-state index in [0.29, 0.717) is 5.56 Å². The van der Waals surface area contributed by atoms with E-state index in [1.807, 2.05) is 6.07 Å². The molecule has 0 unspecified atom stereocenters. The highest BCUT2D eigenvalue weighted by Crippen LogP contribution is 2.21. The number of nitrogens with one attached hydrogen (secondary N) is 5. The Morgan fingerprint density at radius 3 is 2.07 bits per heavy atom. The molecule has 0 aromatic heterocycles. The minimum Gasteiger partial charge on any atom is -0.355 e. The van der Waals surface area contributed by atoms with Crippen LogP contribution in [-0.2, 0) is 46.0 Å². The maximum absolute atomic E-state index is 13.8. The minimum atomic E-state index is -3.99. The second kappa shape index (κ2) is 19.0. The van der Waals surface area contributed by atoms with Gasteiger partial charge in [0.2, 0.25) is 29.5 Å². The first kappa shape index (κ1) is 41.2. The van der Waals surface area contributed by atoms with E-state index in [1.165, 1.54) is 43.1 Å². The Morgan fingerprint density at radius 1 is 0.815 bits per heavy atom. The second-order valence-electron chi connectivity index (χ2n) is 13.7. The van der Waals surface area contributed by atoms with Gasteiger partial charge in [-0.15, -0.1) is 0 Å². The third-order valence-corrected chi connectivity index (χ3v) is 10.7. The number of hydrogen-bond acceptors (Lipinski definition) is 8. The topological polar surface area (TPSA) is 200 Å². The fourth-order valence-corrected chi connectivity index (χ4v) is 7.52. The highest BCUT2D eigenvalue weighted by Gasteiger charge is 2.33. The lowest BCUT2D eigenvalue weighted by Gasteiger charge is -2.28. The number of carbonyl (C=O) groups is 6. The van der Waals surface area contributed by atoms with Crippen LogP contribution in [-0.4, -0.2) is 93.1 Å². The molecule has 5 N–H and O–H groups in total. The average molecular weight is 761 g/mol. The van der Waals surface area contributed by atoms with Crippen LogP contribution < -0.4 is 26.6 Å². The fourth-order valence-electron chi connectivity index (χ4n) is 5.96. The van der Waals surface area contributed by atoms with Gasteiger partial charge in [-0.2, -0.15) is 0 Å². The molecule has 0 spiro atoms. The van der Waals surface area contributed by atoms with E-state index < -0.39 is 75.4 Å². The Labute approximate surface area is 315 Å². The van der Waals surface area contributed by atoms with E-state index in [9.17, 15) is 37.2 Å². The molecule has 1 saturated heterocycles. The van der Waals surface area contributed by atoms with Crippen molar-refractivity contribution in [3.63, 3.8) is 0 Å². The molecule has 54 heavy (non-hydrogen) atoms. The van der Waals surface area contributed by atoms with Gasteiger partial charge in [0.15, 0.2) is 9.84 Å². The van der Waals surface area contributed by atoms with Crippen molar-refractivity contribution >= 4 is 45.3 Å². The molecule has 4 atom stereocenters. The summed E-state index contributed by atoms with van der Waals surface area (Å²) in [7, 11) is -2.55. The maximum Gasteiger partial charge on any atom is 0.253 e. The second-order valence-corrected chi connectivity index (χ2v) is 15.6. The minimum absolute atomic E-state index is 0.00402. The van der Waals surface area contributed by atoms with Crippen LogP contribution in [0.4, 0.5) is 0 Å². The molecule has 0 bridgehead atoms. The van der Waals surface area contributed by atoms with E-state index in [1.54, 1.807) is 68.4 Å². The quantitative estimate of drug-likeness (QED) is 0.228. The van der Waals surface area contributed by atoms with Crippen molar-refractivity contribution in [1.82, 2.24) is 31.5 Å². The Bertz CT molecular complexity index is 1920. The summed E-state index contributed by atoms with van der Waals surface area (Å²) >= 11 is 0. The van der Waals surface area contributed by atoms with Crippen LogP contribution in [0.25, 0.3) is 0 Å². The summed E-state index contributed by atoms with van der Waals surface area (Å²) in [6.45, 7) is 4.58. The SMILES string of the molecule is CC(C)[C@H]1NC(=O)[C@@H](NC(=O)c2ccccc2S(=O)(=O)Cc2ccccc2)CCCNC(=O)CN(C)C(=O)[C@H](Cc2ccccc2)NC(=O)[C@@H](C)NC1=O. The van der Waals surface area contributed by atoms with E-state index >= 15 is 0 Å². The summed E-state index contributed by atoms with van der Waals surface area (Å²) in [6.07, 6.45) is 0.327. The maximum atomic E-state index is 13.8. The molecule has 288 valence electrons. The monoisotopic (exact) mass is 760 g/mol. The molecule has 1 aliphatic rings. The van der Waals surface area contributed by atoms with Crippen LogP contribution >= 0.6 is 0 Å². The molecule has 0 saturated carbocycles. The van der Waals surface area contributed by atoms with E-state index in [2.05, 4.69) is 26.6 Å².